The number of halogens is 2. The lowest BCUT2D eigenvalue weighted by Crippen LogP contribution is -2.62. The number of carbonyl (C=O) groups excluding carboxylic acids is 1. The van der Waals surface area contributed by atoms with E-state index in [2.05, 4.69) is 5.32 Å². The molecule has 5 heteroatoms. The first-order valence-corrected chi connectivity index (χ1v) is 5.56. The summed E-state index contributed by atoms with van der Waals surface area (Å²) in [6.07, 6.45) is 0. The van der Waals surface area contributed by atoms with Crippen LogP contribution >= 0.6 is 0 Å². The molecule has 3 nitrogen and oxygen atoms in total. The van der Waals surface area contributed by atoms with E-state index >= 15 is 0 Å². The molecular weight excluding hydrogens is 214 g/mol. The van der Waals surface area contributed by atoms with Gasteiger partial charge in [0, 0.05) is 25.0 Å². The lowest BCUT2D eigenvalue weighted by Gasteiger charge is -2.42. The van der Waals surface area contributed by atoms with Crippen LogP contribution in [0.15, 0.2) is 0 Å². The molecule has 2 rings (SSSR count). The number of amides is 1. The summed E-state index contributed by atoms with van der Waals surface area (Å²) in [5.74, 6) is -2.94. The van der Waals surface area contributed by atoms with Crippen molar-refractivity contribution in [1.29, 1.82) is 0 Å². The van der Waals surface area contributed by atoms with E-state index in [9.17, 15) is 13.6 Å². The first-order chi connectivity index (χ1) is 7.18. The fourth-order valence-electron chi connectivity index (χ4n) is 2.36. The zero-order chi connectivity index (χ0) is 12.2. The molecule has 2 saturated heterocycles. The molecule has 1 amide bonds. The van der Waals surface area contributed by atoms with E-state index < -0.39 is 23.3 Å². The molecule has 92 valence electrons. The largest absolute Gasteiger partial charge is 0.335 e. The Balaban J connectivity index is 2.15. The van der Waals surface area contributed by atoms with Gasteiger partial charge in [-0.3, -0.25) is 4.79 Å². The maximum atomic E-state index is 13.8. The van der Waals surface area contributed by atoms with E-state index in [1.807, 2.05) is 0 Å². The molecule has 0 aromatic rings. The first kappa shape index (κ1) is 11.8. The van der Waals surface area contributed by atoms with Crippen molar-refractivity contribution < 1.29 is 13.6 Å². The lowest BCUT2D eigenvalue weighted by molar-refractivity contribution is -0.139. The summed E-state index contributed by atoms with van der Waals surface area (Å²) in [5, 5.41) is 2.88. The number of hydrogen-bond donors (Lipinski definition) is 1. The van der Waals surface area contributed by atoms with E-state index in [0.29, 0.717) is 13.1 Å². The van der Waals surface area contributed by atoms with Crippen molar-refractivity contribution in [3.63, 3.8) is 0 Å². The predicted molar refractivity (Wildman–Crippen MR) is 56.3 cm³/mol. The van der Waals surface area contributed by atoms with Gasteiger partial charge < -0.3 is 10.2 Å². The van der Waals surface area contributed by atoms with Crippen molar-refractivity contribution >= 4 is 5.91 Å². The van der Waals surface area contributed by atoms with Crippen LogP contribution in [0.2, 0.25) is 0 Å². The molecule has 0 saturated carbocycles. The summed E-state index contributed by atoms with van der Waals surface area (Å²) < 4.78 is 27.6. The van der Waals surface area contributed by atoms with Crippen LogP contribution < -0.4 is 5.32 Å². The van der Waals surface area contributed by atoms with Gasteiger partial charge >= 0.3 is 0 Å². The Morgan fingerprint density at radius 2 is 1.81 bits per heavy atom. The number of nitrogens with zero attached hydrogens (tertiary/aromatic N) is 1. The molecule has 0 atom stereocenters. The van der Waals surface area contributed by atoms with Crippen LogP contribution in [0.25, 0.3) is 0 Å². The van der Waals surface area contributed by atoms with E-state index in [4.69, 9.17) is 0 Å². The average molecular weight is 232 g/mol. The zero-order valence-electron chi connectivity index (χ0n) is 9.94. The minimum Gasteiger partial charge on any atom is -0.335 e. The highest BCUT2D eigenvalue weighted by atomic mass is 19.3. The zero-order valence-corrected chi connectivity index (χ0v) is 9.94. The van der Waals surface area contributed by atoms with Gasteiger partial charge in [0.15, 0.2) is 0 Å². The van der Waals surface area contributed by atoms with Gasteiger partial charge in [-0.05, 0) is 0 Å². The average Bonchev–Trinajstić information content (AvgIpc) is 2.33. The van der Waals surface area contributed by atoms with Crippen LogP contribution in [0.4, 0.5) is 8.78 Å². The maximum Gasteiger partial charge on any atom is 0.274 e. The standard InChI is InChI=1S/C11H18F2N2O/c1-9(2,3)8(16)15-6-10(4-14-5-10)11(12,13)7-15/h14H,4-7H2,1-3H3. The Morgan fingerprint density at radius 1 is 1.25 bits per heavy atom. The maximum absolute atomic E-state index is 13.8. The number of alkyl halides is 2. The van der Waals surface area contributed by atoms with E-state index in [1.54, 1.807) is 20.8 Å². The molecule has 2 aliphatic rings. The SMILES string of the molecule is CC(C)(C)C(=O)N1CC(F)(F)C2(CNC2)C1. The Labute approximate surface area is 94.2 Å². The van der Waals surface area contributed by atoms with Gasteiger partial charge in [-0.25, -0.2) is 8.78 Å². The molecule has 0 bridgehead atoms. The minimum atomic E-state index is -2.75. The Kier molecular flexibility index (Phi) is 2.32. The molecule has 0 aromatic heterocycles. The van der Waals surface area contributed by atoms with Crippen LogP contribution in [-0.4, -0.2) is 42.9 Å². The van der Waals surface area contributed by atoms with Crippen LogP contribution in [0, 0.1) is 10.8 Å². The molecule has 2 fully saturated rings. The van der Waals surface area contributed by atoms with Crippen molar-refractivity contribution in [3.8, 4) is 0 Å². The Bertz CT molecular complexity index is 318. The minimum absolute atomic E-state index is 0.184. The highest BCUT2D eigenvalue weighted by molar-refractivity contribution is 5.82. The van der Waals surface area contributed by atoms with Crippen molar-refractivity contribution in [2.75, 3.05) is 26.2 Å². The summed E-state index contributed by atoms with van der Waals surface area (Å²) in [6.45, 7) is 5.67. The third-order valence-corrected chi connectivity index (χ3v) is 3.51. The quantitative estimate of drug-likeness (QED) is 0.678. The molecule has 0 radical (unpaired) electrons. The number of carbonyl (C=O) groups is 1. The molecule has 2 aliphatic heterocycles. The van der Waals surface area contributed by atoms with Gasteiger partial charge in [-0.1, -0.05) is 20.8 Å². The fraction of sp³-hybridized carbons (Fsp3) is 0.909. The van der Waals surface area contributed by atoms with Gasteiger partial charge in [0.05, 0.1) is 12.0 Å². The molecule has 16 heavy (non-hydrogen) atoms. The second-order valence-corrected chi connectivity index (χ2v) is 6.00. The van der Waals surface area contributed by atoms with Crippen molar-refractivity contribution in [3.05, 3.63) is 0 Å². The van der Waals surface area contributed by atoms with E-state index in [1.165, 1.54) is 4.90 Å². The molecule has 1 spiro atoms. The molecule has 0 aromatic carbocycles. The van der Waals surface area contributed by atoms with Crippen LogP contribution in [0.5, 0.6) is 0 Å². The molecular formula is C11H18F2N2O. The third-order valence-electron chi connectivity index (χ3n) is 3.51. The predicted octanol–water partition coefficient (Wildman–Crippen LogP) is 1.10. The number of rotatable bonds is 0. The second-order valence-electron chi connectivity index (χ2n) is 6.00. The van der Waals surface area contributed by atoms with E-state index in [0.717, 1.165) is 0 Å². The van der Waals surface area contributed by atoms with Crippen LogP contribution in [0.1, 0.15) is 20.8 Å². The van der Waals surface area contributed by atoms with Crippen molar-refractivity contribution in [2.24, 2.45) is 10.8 Å². The highest BCUT2D eigenvalue weighted by Gasteiger charge is 2.64. The summed E-state index contributed by atoms with van der Waals surface area (Å²) in [4.78, 5) is 13.3. The van der Waals surface area contributed by atoms with Gasteiger partial charge in [0.2, 0.25) is 5.91 Å². The number of nitrogens with one attached hydrogen (secondary N) is 1. The summed E-state index contributed by atoms with van der Waals surface area (Å²) >= 11 is 0. The summed E-state index contributed by atoms with van der Waals surface area (Å²) in [5.41, 5.74) is -1.59. The topological polar surface area (TPSA) is 32.3 Å². The molecule has 0 unspecified atom stereocenters. The normalized spacial score (nSPS) is 26.9. The van der Waals surface area contributed by atoms with Crippen molar-refractivity contribution in [1.82, 2.24) is 10.2 Å². The third kappa shape index (κ3) is 1.52. The monoisotopic (exact) mass is 232 g/mol. The Hall–Kier alpha value is -0.710. The van der Waals surface area contributed by atoms with Gasteiger partial charge in [0.25, 0.3) is 5.92 Å². The first-order valence-electron chi connectivity index (χ1n) is 5.56. The molecule has 1 N–H and O–H groups in total. The molecule has 2 heterocycles. The summed E-state index contributed by atoms with van der Waals surface area (Å²) in [6, 6.07) is 0. The van der Waals surface area contributed by atoms with Crippen molar-refractivity contribution in [2.45, 2.75) is 26.7 Å². The van der Waals surface area contributed by atoms with Crippen LogP contribution in [0.3, 0.4) is 0 Å². The summed E-state index contributed by atoms with van der Waals surface area (Å²) in [7, 11) is 0. The van der Waals surface area contributed by atoms with Gasteiger partial charge in [-0.15, -0.1) is 0 Å². The number of hydrogen-bond acceptors (Lipinski definition) is 2. The fourth-order valence-corrected chi connectivity index (χ4v) is 2.36. The second kappa shape index (κ2) is 3.15. The number of likely N-dealkylation sites (tertiary alicyclic amines) is 1. The van der Waals surface area contributed by atoms with Gasteiger partial charge in [0.1, 0.15) is 0 Å². The van der Waals surface area contributed by atoms with Crippen LogP contribution in [-0.2, 0) is 4.79 Å². The van der Waals surface area contributed by atoms with Gasteiger partial charge in [-0.2, -0.15) is 0 Å². The Morgan fingerprint density at radius 3 is 2.12 bits per heavy atom. The molecule has 0 aliphatic carbocycles. The lowest BCUT2D eigenvalue weighted by atomic mass is 9.78. The highest BCUT2D eigenvalue weighted by Crippen LogP contribution is 2.47. The van der Waals surface area contributed by atoms with E-state index in [-0.39, 0.29) is 12.5 Å². The smallest absolute Gasteiger partial charge is 0.274 e.